The van der Waals surface area contributed by atoms with Gasteiger partial charge in [-0.3, -0.25) is 0 Å². The minimum absolute atomic E-state index is 0.232. The molecule has 2 heteroatoms. The highest BCUT2D eigenvalue weighted by atomic mass is 14.4. The van der Waals surface area contributed by atoms with Crippen LogP contribution in [0.15, 0.2) is 57.7 Å². The van der Waals surface area contributed by atoms with Crippen LogP contribution in [-0.2, 0) is 0 Å². The predicted octanol–water partition coefficient (Wildman–Crippen LogP) is 2.86. The summed E-state index contributed by atoms with van der Waals surface area (Å²) in [6.45, 7) is 0. The molecular weight excluding hydrogens is 196 g/mol. The number of nitrogens with zero attached hydrogens (tertiary/aromatic N) is 2. The zero-order valence-electron chi connectivity index (χ0n) is 8.62. The molecule has 0 amide bonds. The second-order valence-electron chi connectivity index (χ2n) is 3.97. The van der Waals surface area contributed by atoms with Crippen LogP contribution in [0.4, 0.5) is 0 Å². The average molecular weight is 204 g/mol. The van der Waals surface area contributed by atoms with Crippen LogP contribution in [0.25, 0.3) is 0 Å². The first-order chi connectivity index (χ1) is 7.86. The van der Waals surface area contributed by atoms with Crippen molar-refractivity contribution in [2.24, 2.45) is 0 Å². The number of hydrogen-bond acceptors (Lipinski definition) is 2. The van der Waals surface area contributed by atoms with Crippen molar-refractivity contribution in [3.8, 4) is 12.1 Å². The summed E-state index contributed by atoms with van der Waals surface area (Å²) in [7, 11) is 0. The lowest BCUT2D eigenvalue weighted by Gasteiger charge is -2.02. The van der Waals surface area contributed by atoms with Crippen molar-refractivity contribution in [2.75, 3.05) is 0 Å². The van der Waals surface area contributed by atoms with Crippen molar-refractivity contribution < 1.29 is 0 Å². The van der Waals surface area contributed by atoms with E-state index in [4.69, 9.17) is 10.5 Å². The highest BCUT2D eigenvalue weighted by Gasteiger charge is 2.31. The SMILES string of the molecule is N#CC(C#N)=C1C2=C(CC=C2)C2=C1C=CC2. The van der Waals surface area contributed by atoms with Gasteiger partial charge in [-0.2, -0.15) is 10.5 Å². The fourth-order valence-corrected chi connectivity index (χ4v) is 2.60. The normalized spacial score (nSPS) is 20.0. The molecule has 0 fully saturated rings. The third-order valence-electron chi connectivity index (χ3n) is 3.24. The first kappa shape index (κ1) is 8.95. The van der Waals surface area contributed by atoms with Gasteiger partial charge in [0.15, 0.2) is 0 Å². The molecule has 3 rings (SSSR count). The number of rotatable bonds is 0. The Labute approximate surface area is 93.8 Å². The maximum Gasteiger partial charge on any atom is 0.138 e. The van der Waals surface area contributed by atoms with E-state index >= 15 is 0 Å². The van der Waals surface area contributed by atoms with Gasteiger partial charge >= 0.3 is 0 Å². The van der Waals surface area contributed by atoms with E-state index in [9.17, 15) is 0 Å². The Hall–Kier alpha value is -2.32. The van der Waals surface area contributed by atoms with Crippen molar-refractivity contribution in [3.05, 3.63) is 57.7 Å². The fourth-order valence-electron chi connectivity index (χ4n) is 2.60. The summed E-state index contributed by atoms with van der Waals surface area (Å²) in [6, 6.07) is 4.00. The van der Waals surface area contributed by atoms with Gasteiger partial charge in [-0.1, -0.05) is 24.3 Å². The minimum atomic E-state index is 0.232. The third kappa shape index (κ3) is 0.938. The topological polar surface area (TPSA) is 47.6 Å². The van der Waals surface area contributed by atoms with E-state index in [2.05, 4.69) is 12.2 Å². The van der Waals surface area contributed by atoms with E-state index < -0.39 is 0 Å². The molecular formula is C14H8N2. The Morgan fingerprint density at radius 1 is 0.938 bits per heavy atom. The van der Waals surface area contributed by atoms with Gasteiger partial charge in [0.25, 0.3) is 0 Å². The minimum Gasteiger partial charge on any atom is -0.192 e. The maximum atomic E-state index is 9.00. The van der Waals surface area contributed by atoms with Crippen LogP contribution >= 0.6 is 0 Å². The van der Waals surface area contributed by atoms with Gasteiger partial charge in [0, 0.05) is 5.57 Å². The molecule has 2 nitrogen and oxygen atoms in total. The summed E-state index contributed by atoms with van der Waals surface area (Å²) < 4.78 is 0. The molecule has 0 saturated carbocycles. The van der Waals surface area contributed by atoms with Crippen LogP contribution in [0, 0.1) is 22.7 Å². The largest absolute Gasteiger partial charge is 0.192 e. The molecule has 3 aliphatic rings. The van der Waals surface area contributed by atoms with E-state index in [1.165, 1.54) is 11.1 Å². The molecule has 0 aliphatic heterocycles. The number of hydrogen-bond donors (Lipinski definition) is 0. The fraction of sp³-hybridized carbons (Fsp3) is 0.143. The third-order valence-corrected chi connectivity index (χ3v) is 3.24. The van der Waals surface area contributed by atoms with E-state index in [0.29, 0.717) is 0 Å². The Balaban J connectivity index is 2.30. The summed E-state index contributed by atoms with van der Waals surface area (Å²) in [5, 5.41) is 18.0. The van der Waals surface area contributed by atoms with Crippen molar-refractivity contribution >= 4 is 0 Å². The standard InChI is InChI=1S/C14H8N2/c15-7-9(8-16)14-12-5-1-3-10(12)11-4-2-6-13(11)14/h1-2,5-6H,3-4H2. The maximum absolute atomic E-state index is 9.00. The smallest absolute Gasteiger partial charge is 0.138 e. The first-order valence-corrected chi connectivity index (χ1v) is 5.21. The van der Waals surface area contributed by atoms with Gasteiger partial charge in [0.05, 0.1) is 0 Å². The number of nitriles is 2. The van der Waals surface area contributed by atoms with Crippen molar-refractivity contribution in [2.45, 2.75) is 12.8 Å². The summed E-state index contributed by atoms with van der Waals surface area (Å²) in [4.78, 5) is 0. The molecule has 0 spiro atoms. The van der Waals surface area contributed by atoms with E-state index in [1.54, 1.807) is 0 Å². The molecule has 0 aromatic heterocycles. The van der Waals surface area contributed by atoms with Crippen molar-refractivity contribution in [1.82, 2.24) is 0 Å². The first-order valence-electron chi connectivity index (χ1n) is 5.21. The van der Waals surface area contributed by atoms with Crippen LogP contribution < -0.4 is 0 Å². The Bertz CT molecular complexity index is 569. The number of allylic oxidation sites excluding steroid dienone is 10. The molecule has 16 heavy (non-hydrogen) atoms. The molecule has 0 saturated heterocycles. The van der Waals surface area contributed by atoms with Gasteiger partial charge < -0.3 is 0 Å². The lowest BCUT2D eigenvalue weighted by atomic mass is 9.98. The Morgan fingerprint density at radius 3 is 1.88 bits per heavy atom. The van der Waals surface area contributed by atoms with E-state index in [0.717, 1.165) is 29.6 Å². The molecule has 0 unspecified atom stereocenters. The molecule has 0 N–H and O–H groups in total. The van der Waals surface area contributed by atoms with Gasteiger partial charge in [-0.05, 0) is 35.1 Å². The quantitative estimate of drug-likeness (QED) is 0.569. The van der Waals surface area contributed by atoms with Gasteiger partial charge in [0.2, 0.25) is 0 Å². The highest BCUT2D eigenvalue weighted by Crippen LogP contribution is 2.47. The zero-order chi connectivity index (χ0) is 11.1. The number of fused-ring (bicyclic) bond motifs is 1. The highest BCUT2D eigenvalue weighted by molar-refractivity contribution is 5.78. The lowest BCUT2D eigenvalue weighted by Crippen LogP contribution is -1.90. The summed E-state index contributed by atoms with van der Waals surface area (Å²) in [6.07, 6.45) is 10.1. The van der Waals surface area contributed by atoms with Crippen LogP contribution in [0.3, 0.4) is 0 Å². The lowest BCUT2D eigenvalue weighted by molar-refractivity contribution is 1.18. The monoisotopic (exact) mass is 204 g/mol. The second-order valence-corrected chi connectivity index (χ2v) is 3.97. The van der Waals surface area contributed by atoms with E-state index in [-0.39, 0.29) is 5.57 Å². The summed E-state index contributed by atoms with van der Waals surface area (Å²) in [5.41, 5.74) is 5.86. The molecule has 74 valence electrons. The van der Waals surface area contributed by atoms with Crippen LogP contribution in [0.5, 0.6) is 0 Å². The molecule has 0 atom stereocenters. The van der Waals surface area contributed by atoms with Gasteiger partial charge in [-0.25, -0.2) is 0 Å². The zero-order valence-corrected chi connectivity index (χ0v) is 8.62. The van der Waals surface area contributed by atoms with Crippen LogP contribution in [0.1, 0.15) is 12.8 Å². The van der Waals surface area contributed by atoms with Crippen molar-refractivity contribution in [1.29, 1.82) is 10.5 Å². The van der Waals surface area contributed by atoms with Crippen molar-refractivity contribution in [3.63, 3.8) is 0 Å². The van der Waals surface area contributed by atoms with Gasteiger partial charge in [0.1, 0.15) is 17.7 Å². The van der Waals surface area contributed by atoms with Crippen LogP contribution in [-0.4, -0.2) is 0 Å². The van der Waals surface area contributed by atoms with Gasteiger partial charge in [-0.15, -0.1) is 0 Å². The molecule has 0 radical (unpaired) electrons. The Morgan fingerprint density at radius 2 is 1.44 bits per heavy atom. The second kappa shape index (κ2) is 3.08. The summed E-state index contributed by atoms with van der Waals surface area (Å²) in [5.74, 6) is 0. The Kier molecular flexibility index (Phi) is 1.72. The molecule has 0 heterocycles. The van der Waals surface area contributed by atoms with E-state index in [1.807, 2.05) is 24.3 Å². The molecule has 3 aliphatic carbocycles. The van der Waals surface area contributed by atoms with Crippen LogP contribution in [0.2, 0.25) is 0 Å². The summed E-state index contributed by atoms with van der Waals surface area (Å²) >= 11 is 0. The molecule has 0 bridgehead atoms. The predicted molar refractivity (Wildman–Crippen MR) is 59.8 cm³/mol. The molecule has 0 aromatic rings. The molecule has 0 aromatic carbocycles. The average Bonchev–Trinajstić information content (AvgIpc) is 2.95.